The number of thiazole rings is 1. The first-order valence-electron chi connectivity index (χ1n) is 4.97. The zero-order chi connectivity index (χ0) is 11.5. The zero-order valence-electron chi connectivity index (χ0n) is 8.93. The molecule has 0 aliphatic heterocycles. The van der Waals surface area contributed by atoms with Gasteiger partial charge in [-0.25, -0.2) is 4.98 Å². The summed E-state index contributed by atoms with van der Waals surface area (Å²) in [6.07, 6.45) is 1.28. The highest BCUT2D eigenvalue weighted by molar-refractivity contribution is 7.16. The highest BCUT2D eigenvalue weighted by atomic mass is 32.1. The van der Waals surface area contributed by atoms with Crippen molar-refractivity contribution in [1.29, 1.82) is 0 Å². The highest BCUT2D eigenvalue weighted by Gasteiger charge is 2.08. The van der Waals surface area contributed by atoms with Crippen molar-refractivity contribution in [2.24, 2.45) is 0 Å². The molecule has 1 atom stereocenters. The fourth-order valence-electron chi connectivity index (χ4n) is 1.50. The Morgan fingerprint density at radius 3 is 3.19 bits per heavy atom. The second kappa shape index (κ2) is 4.45. The predicted octanol–water partition coefficient (Wildman–Crippen LogP) is 2.66. The largest absolute Gasteiger partial charge is 0.346 e. The number of amides is 1. The van der Waals surface area contributed by atoms with Crippen LogP contribution in [0, 0.1) is 0 Å². The standard InChI is InChI=1S/C12H12N2OS/c1-3-12(15)14-8(2)9-4-5-10-11(6-9)16-7-13-10/h3-8H,1H2,2H3,(H,14,15). The van der Waals surface area contributed by atoms with Gasteiger partial charge in [0.15, 0.2) is 0 Å². The molecular formula is C12H12N2OS. The van der Waals surface area contributed by atoms with Gasteiger partial charge < -0.3 is 5.32 Å². The molecule has 82 valence electrons. The van der Waals surface area contributed by atoms with E-state index in [-0.39, 0.29) is 11.9 Å². The van der Waals surface area contributed by atoms with Crippen LogP contribution in [0.1, 0.15) is 18.5 Å². The van der Waals surface area contributed by atoms with E-state index in [9.17, 15) is 4.79 Å². The van der Waals surface area contributed by atoms with Crippen molar-refractivity contribution in [3.05, 3.63) is 41.9 Å². The van der Waals surface area contributed by atoms with E-state index >= 15 is 0 Å². The van der Waals surface area contributed by atoms with E-state index in [1.54, 1.807) is 11.3 Å². The number of hydrogen-bond acceptors (Lipinski definition) is 3. The van der Waals surface area contributed by atoms with Crippen LogP contribution in [0.3, 0.4) is 0 Å². The molecule has 2 aromatic rings. The molecule has 16 heavy (non-hydrogen) atoms. The summed E-state index contributed by atoms with van der Waals surface area (Å²) in [4.78, 5) is 15.4. The molecule has 0 aliphatic rings. The van der Waals surface area contributed by atoms with Crippen molar-refractivity contribution in [1.82, 2.24) is 10.3 Å². The number of carbonyl (C=O) groups excluding carboxylic acids is 1. The van der Waals surface area contributed by atoms with Gasteiger partial charge in [-0.05, 0) is 30.7 Å². The summed E-state index contributed by atoms with van der Waals surface area (Å²) in [6, 6.07) is 5.99. The third kappa shape index (κ3) is 2.12. The molecule has 1 amide bonds. The molecule has 1 unspecified atom stereocenters. The summed E-state index contributed by atoms with van der Waals surface area (Å²) in [7, 11) is 0. The Kier molecular flexibility index (Phi) is 3.01. The monoisotopic (exact) mass is 232 g/mol. The molecule has 0 bridgehead atoms. The maximum Gasteiger partial charge on any atom is 0.243 e. The van der Waals surface area contributed by atoms with E-state index in [4.69, 9.17) is 0 Å². The summed E-state index contributed by atoms with van der Waals surface area (Å²) in [6.45, 7) is 5.38. The number of aromatic nitrogens is 1. The molecule has 1 heterocycles. The fourth-order valence-corrected chi connectivity index (χ4v) is 2.22. The summed E-state index contributed by atoms with van der Waals surface area (Å²) < 4.78 is 1.14. The van der Waals surface area contributed by atoms with E-state index in [2.05, 4.69) is 22.9 Å². The number of fused-ring (bicyclic) bond motifs is 1. The van der Waals surface area contributed by atoms with Gasteiger partial charge in [0, 0.05) is 0 Å². The van der Waals surface area contributed by atoms with Gasteiger partial charge in [0.1, 0.15) is 0 Å². The van der Waals surface area contributed by atoms with Crippen LogP contribution in [-0.2, 0) is 4.79 Å². The Morgan fingerprint density at radius 1 is 1.62 bits per heavy atom. The lowest BCUT2D eigenvalue weighted by atomic mass is 10.1. The topological polar surface area (TPSA) is 42.0 Å². The van der Waals surface area contributed by atoms with Gasteiger partial charge in [-0.3, -0.25) is 4.79 Å². The molecule has 1 aromatic carbocycles. The predicted molar refractivity (Wildman–Crippen MR) is 66.4 cm³/mol. The molecule has 1 N–H and O–H groups in total. The smallest absolute Gasteiger partial charge is 0.243 e. The molecule has 0 fully saturated rings. The van der Waals surface area contributed by atoms with Crippen LogP contribution in [0.2, 0.25) is 0 Å². The van der Waals surface area contributed by atoms with Crippen molar-refractivity contribution in [2.45, 2.75) is 13.0 Å². The second-order valence-corrected chi connectivity index (χ2v) is 4.40. The van der Waals surface area contributed by atoms with Gasteiger partial charge in [0.25, 0.3) is 0 Å². The van der Waals surface area contributed by atoms with Gasteiger partial charge in [0.05, 0.1) is 21.8 Å². The molecule has 0 spiro atoms. The Hall–Kier alpha value is -1.68. The van der Waals surface area contributed by atoms with Crippen molar-refractivity contribution < 1.29 is 4.79 Å². The Bertz CT molecular complexity index is 533. The van der Waals surface area contributed by atoms with Crippen molar-refractivity contribution in [2.75, 3.05) is 0 Å². The van der Waals surface area contributed by atoms with Crippen molar-refractivity contribution in [3.63, 3.8) is 0 Å². The average molecular weight is 232 g/mol. The number of benzene rings is 1. The molecule has 1 aromatic heterocycles. The van der Waals surface area contributed by atoms with Gasteiger partial charge in [0.2, 0.25) is 5.91 Å². The maximum atomic E-state index is 11.2. The number of nitrogens with one attached hydrogen (secondary N) is 1. The van der Waals surface area contributed by atoms with E-state index in [1.807, 2.05) is 24.6 Å². The van der Waals surface area contributed by atoms with Crippen LogP contribution in [0.5, 0.6) is 0 Å². The lowest BCUT2D eigenvalue weighted by Crippen LogP contribution is -2.24. The van der Waals surface area contributed by atoms with E-state index in [1.165, 1.54) is 6.08 Å². The normalized spacial score (nSPS) is 12.3. The number of carbonyl (C=O) groups is 1. The zero-order valence-corrected chi connectivity index (χ0v) is 9.75. The van der Waals surface area contributed by atoms with E-state index in [0.717, 1.165) is 15.8 Å². The average Bonchev–Trinajstić information content (AvgIpc) is 2.75. The number of nitrogens with zero attached hydrogens (tertiary/aromatic N) is 1. The van der Waals surface area contributed by atoms with Gasteiger partial charge in [-0.15, -0.1) is 11.3 Å². The summed E-state index contributed by atoms with van der Waals surface area (Å²) in [5.74, 6) is -0.156. The van der Waals surface area contributed by atoms with Crippen molar-refractivity contribution in [3.8, 4) is 0 Å². The van der Waals surface area contributed by atoms with Crippen LogP contribution in [0.15, 0.2) is 36.4 Å². The molecular weight excluding hydrogens is 220 g/mol. The van der Waals surface area contributed by atoms with Gasteiger partial charge in [-0.2, -0.15) is 0 Å². The molecule has 0 saturated carbocycles. The molecule has 0 radical (unpaired) electrons. The summed E-state index contributed by atoms with van der Waals surface area (Å²) >= 11 is 1.60. The lowest BCUT2D eigenvalue weighted by Gasteiger charge is -2.12. The van der Waals surface area contributed by atoms with Crippen molar-refractivity contribution >= 4 is 27.5 Å². The summed E-state index contributed by atoms with van der Waals surface area (Å²) in [5, 5.41) is 2.83. The van der Waals surface area contributed by atoms with E-state index < -0.39 is 0 Å². The van der Waals surface area contributed by atoms with Crippen LogP contribution in [0.25, 0.3) is 10.2 Å². The summed E-state index contributed by atoms with van der Waals surface area (Å²) in [5.41, 5.74) is 3.89. The number of hydrogen-bond donors (Lipinski definition) is 1. The Balaban J connectivity index is 2.25. The minimum Gasteiger partial charge on any atom is -0.346 e. The minimum absolute atomic E-state index is 0.0167. The fraction of sp³-hybridized carbons (Fsp3) is 0.167. The quantitative estimate of drug-likeness (QED) is 0.827. The van der Waals surface area contributed by atoms with Gasteiger partial charge >= 0.3 is 0 Å². The van der Waals surface area contributed by atoms with E-state index in [0.29, 0.717) is 0 Å². The number of rotatable bonds is 3. The highest BCUT2D eigenvalue weighted by Crippen LogP contribution is 2.22. The second-order valence-electron chi connectivity index (χ2n) is 3.51. The first-order chi connectivity index (χ1) is 7.70. The SMILES string of the molecule is C=CC(=O)NC(C)c1ccc2ncsc2c1. The molecule has 0 saturated heterocycles. The van der Waals surface area contributed by atoms with Crippen LogP contribution in [0.4, 0.5) is 0 Å². The van der Waals surface area contributed by atoms with Crippen LogP contribution in [-0.4, -0.2) is 10.9 Å². The molecule has 2 rings (SSSR count). The lowest BCUT2D eigenvalue weighted by molar-refractivity contribution is -0.117. The Labute approximate surface area is 97.8 Å². The first kappa shape index (κ1) is 10.8. The third-order valence-electron chi connectivity index (χ3n) is 2.40. The maximum absolute atomic E-state index is 11.2. The van der Waals surface area contributed by atoms with Crippen LogP contribution >= 0.6 is 11.3 Å². The molecule has 4 heteroatoms. The van der Waals surface area contributed by atoms with Gasteiger partial charge in [-0.1, -0.05) is 12.6 Å². The third-order valence-corrected chi connectivity index (χ3v) is 3.19. The minimum atomic E-state index is -0.156. The first-order valence-corrected chi connectivity index (χ1v) is 5.85. The van der Waals surface area contributed by atoms with Crippen LogP contribution < -0.4 is 5.32 Å². The molecule has 0 aliphatic carbocycles. The molecule has 3 nitrogen and oxygen atoms in total. The Morgan fingerprint density at radius 2 is 2.44 bits per heavy atom.